The molecule has 0 aliphatic carbocycles. The van der Waals surface area contributed by atoms with E-state index in [1.165, 1.54) is 6.08 Å². The first-order valence-corrected chi connectivity index (χ1v) is 8.53. The van der Waals surface area contributed by atoms with Gasteiger partial charge in [-0.15, -0.1) is 11.3 Å². The second-order valence-corrected chi connectivity index (χ2v) is 6.36. The Morgan fingerprint density at radius 1 is 1.09 bits per heavy atom. The average molecular weight is 326 g/mol. The topological polar surface area (TPSA) is 49.4 Å². The number of anilines is 1. The van der Waals surface area contributed by atoms with E-state index in [1.54, 1.807) is 29.5 Å². The fourth-order valence-electron chi connectivity index (χ4n) is 2.59. The van der Waals surface area contributed by atoms with Gasteiger partial charge < -0.3 is 10.2 Å². The molecule has 0 radical (unpaired) electrons. The predicted octanol–water partition coefficient (Wildman–Crippen LogP) is 3.64. The lowest BCUT2D eigenvalue weighted by atomic mass is 10.1. The quantitative estimate of drug-likeness (QED) is 0.872. The highest BCUT2D eigenvalue weighted by Crippen LogP contribution is 2.20. The average Bonchev–Trinajstić information content (AvgIpc) is 3.26. The molecule has 3 rings (SSSR count). The zero-order chi connectivity index (χ0) is 16.1. The van der Waals surface area contributed by atoms with Crippen LogP contribution in [-0.4, -0.2) is 29.8 Å². The van der Waals surface area contributed by atoms with E-state index in [2.05, 4.69) is 5.32 Å². The molecule has 0 unspecified atom stereocenters. The highest BCUT2D eigenvalue weighted by Gasteiger charge is 2.21. The molecule has 5 heteroatoms. The van der Waals surface area contributed by atoms with Gasteiger partial charge in [-0.25, -0.2) is 0 Å². The molecule has 1 aromatic carbocycles. The Morgan fingerprint density at radius 2 is 1.87 bits per heavy atom. The maximum Gasteiger partial charge on any atom is 0.255 e. The summed E-state index contributed by atoms with van der Waals surface area (Å²) >= 11 is 1.57. The number of benzene rings is 1. The minimum Gasteiger partial charge on any atom is -0.339 e. The van der Waals surface area contributed by atoms with Gasteiger partial charge in [0.1, 0.15) is 0 Å². The number of hydrogen-bond donors (Lipinski definition) is 1. The summed E-state index contributed by atoms with van der Waals surface area (Å²) in [6, 6.07) is 11.0. The first-order chi connectivity index (χ1) is 11.2. The number of nitrogens with zero attached hydrogens (tertiary/aromatic N) is 1. The summed E-state index contributed by atoms with van der Waals surface area (Å²) in [6.45, 7) is 1.58. The number of likely N-dealkylation sites (tertiary alicyclic amines) is 1. The van der Waals surface area contributed by atoms with E-state index >= 15 is 0 Å². The molecule has 2 heterocycles. The molecule has 1 aromatic heterocycles. The van der Waals surface area contributed by atoms with Crippen LogP contribution in [0, 0.1) is 0 Å². The second kappa shape index (κ2) is 7.24. The van der Waals surface area contributed by atoms with Crippen molar-refractivity contribution in [3.8, 4) is 0 Å². The van der Waals surface area contributed by atoms with Crippen molar-refractivity contribution in [2.75, 3.05) is 18.4 Å². The van der Waals surface area contributed by atoms with Crippen LogP contribution in [0.15, 0.2) is 47.9 Å². The second-order valence-electron chi connectivity index (χ2n) is 5.38. The molecule has 0 bridgehead atoms. The Labute approximate surface area is 139 Å². The van der Waals surface area contributed by atoms with E-state index in [0.717, 1.165) is 30.8 Å². The Bertz CT molecular complexity index is 716. The minimum absolute atomic E-state index is 0.0133. The molecule has 118 valence electrons. The van der Waals surface area contributed by atoms with Crippen LogP contribution in [0.4, 0.5) is 5.69 Å². The zero-order valence-electron chi connectivity index (χ0n) is 12.7. The third-order valence-electron chi connectivity index (χ3n) is 3.75. The Morgan fingerprint density at radius 3 is 2.61 bits per heavy atom. The van der Waals surface area contributed by atoms with Crippen molar-refractivity contribution in [1.29, 1.82) is 0 Å². The molecule has 0 atom stereocenters. The maximum atomic E-state index is 12.6. The lowest BCUT2D eigenvalue weighted by Crippen LogP contribution is -2.28. The summed E-state index contributed by atoms with van der Waals surface area (Å²) < 4.78 is 0. The van der Waals surface area contributed by atoms with Gasteiger partial charge in [-0.1, -0.05) is 18.2 Å². The zero-order valence-corrected chi connectivity index (χ0v) is 13.5. The number of para-hydroxylation sites is 1. The standard InChI is InChI=1S/C18H18N2O2S/c21-17(10-9-14-6-5-13-23-14)19-16-8-2-1-7-15(16)18(22)20-11-3-4-12-20/h1-2,5-10,13H,3-4,11-12H2,(H,19,21)/b10-9+. The third kappa shape index (κ3) is 3.87. The molecular weight excluding hydrogens is 308 g/mol. The number of amides is 2. The summed E-state index contributed by atoms with van der Waals surface area (Å²) in [5.41, 5.74) is 1.11. The van der Waals surface area contributed by atoms with Crippen LogP contribution in [0.3, 0.4) is 0 Å². The third-order valence-corrected chi connectivity index (χ3v) is 4.59. The molecule has 23 heavy (non-hydrogen) atoms. The van der Waals surface area contributed by atoms with Crippen molar-refractivity contribution in [1.82, 2.24) is 4.90 Å². The summed E-state index contributed by atoms with van der Waals surface area (Å²) in [6.07, 6.45) is 5.35. The van der Waals surface area contributed by atoms with Gasteiger partial charge in [-0.3, -0.25) is 9.59 Å². The van der Waals surface area contributed by atoms with Crippen LogP contribution in [0.2, 0.25) is 0 Å². The van der Waals surface area contributed by atoms with Crippen LogP contribution in [-0.2, 0) is 4.79 Å². The van der Waals surface area contributed by atoms with E-state index < -0.39 is 0 Å². The van der Waals surface area contributed by atoms with E-state index in [4.69, 9.17) is 0 Å². The Balaban J connectivity index is 1.72. The van der Waals surface area contributed by atoms with Crippen molar-refractivity contribution in [3.63, 3.8) is 0 Å². The molecule has 2 aromatic rings. The van der Waals surface area contributed by atoms with Gasteiger partial charge in [0.25, 0.3) is 5.91 Å². The Kier molecular flexibility index (Phi) is 4.88. The van der Waals surface area contributed by atoms with E-state index in [0.29, 0.717) is 11.3 Å². The smallest absolute Gasteiger partial charge is 0.255 e. The molecule has 0 spiro atoms. The molecule has 4 nitrogen and oxygen atoms in total. The van der Waals surface area contributed by atoms with Crippen LogP contribution < -0.4 is 5.32 Å². The van der Waals surface area contributed by atoms with Crippen LogP contribution in [0.1, 0.15) is 28.1 Å². The monoisotopic (exact) mass is 326 g/mol. The lowest BCUT2D eigenvalue weighted by Gasteiger charge is -2.17. The van der Waals surface area contributed by atoms with Gasteiger partial charge in [0, 0.05) is 24.0 Å². The van der Waals surface area contributed by atoms with E-state index in [9.17, 15) is 9.59 Å². The number of carbonyl (C=O) groups is 2. The van der Waals surface area contributed by atoms with Gasteiger partial charge in [0.15, 0.2) is 0 Å². The largest absolute Gasteiger partial charge is 0.339 e. The molecule has 1 aliphatic heterocycles. The van der Waals surface area contributed by atoms with Crippen molar-refractivity contribution in [2.24, 2.45) is 0 Å². The molecule has 0 saturated carbocycles. The minimum atomic E-state index is -0.236. The number of nitrogens with one attached hydrogen (secondary N) is 1. The molecule has 1 saturated heterocycles. The van der Waals surface area contributed by atoms with Gasteiger partial charge in [0.05, 0.1) is 11.3 Å². The van der Waals surface area contributed by atoms with Crippen molar-refractivity contribution in [3.05, 3.63) is 58.3 Å². The SMILES string of the molecule is O=C(/C=C/c1cccs1)Nc1ccccc1C(=O)N1CCCC1. The first-order valence-electron chi connectivity index (χ1n) is 7.65. The lowest BCUT2D eigenvalue weighted by molar-refractivity contribution is -0.111. The first kappa shape index (κ1) is 15.5. The van der Waals surface area contributed by atoms with E-state index in [-0.39, 0.29) is 11.8 Å². The maximum absolute atomic E-state index is 12.6. The number of rotatable bonds is 4. The number of hydrogen-bond acceptors (Lipinski definition) is 3. The van der Waals surface area contributed by atoms with Crippen LogP contribution >= 0.6 is 11.3 Å². The fraction of sp³-hybridized carbons (Fsp3) is 0.222. The van der Waals surface area contributed by atoms with Crippen LogP contribution in [0.5, 0.6) is 0 Å². The highest BCUT2D eigenvalue weighted by atomic mass is 32.1. The summed E-state index contributed by atoms with van der Waals surface area (Å²) in [5.74, 6) is -0.249. The number of thiophene rings is 1. The Hall–Kier alpha value is -2.40. The molecule has 1 fully saturated rings. The number of carbonyl (C=O) groups excluding carboxylic acids is 2. The fourth-order valence-corrected chi connectivity index (χ4v) is 3.21. The molecule has 1 aliphatic rings. The highest BCUT2D eigenvalue weighted by molar-refractivity contribution is 7.10. The molecule has 2 amide bonds. The molecule has 1 N–H and O–H groups in total. The summed E-state index contributed by atoms with van der Waals surface area (Å²) in [7, 11) is 0. The predicted molar refractivity (Wildman–Crippen MR) is 93.6 cm³/mol. The van der Waals surface area contributed by atoms with Gasteiger partial charge in [-0.2, -0.15) is 0 Å². The van der Waals surface area contributed by atoms with Crippen molar-refractivity contribution >= 4 is 34.9 Å². The van der Waals surface area contributed by atoms with Crippen molar-refractivity contribution < 1.29 is 9.59 Å². The summed E-state index contributed by atoms with van der Waals surface area (Å²) in [5, 5.41) is 4.77. The normalized spacial score (nSPS) is 14.3. The summed E-state index contributed by atoms with van der Waals surface area (Å²) in [4.78, 5) is 27.5. The van der Waals surface area contributed by atoms with E-state index in [1.807, 2.05) is 34.5 Å². The van der Waals surface area contributed by atoms with Crippen LogP contribution in [0.25, 0.3) is 6.08 Å². The molecular formula is C18H18N2O2S. The van der Waals surface area contributed by atoms with Gasteiger partial charge >= 0.3 is 0 Å². The van der Waals surface area contributed by atoms with Gasteiger partial charge in [0.2, 0.25) is 5.91 Å². The van der Waals surface area contributed by atoms with Crippen molar-refractivity contribution in [2.45, 2.75) is 12.8 Å². The van der Waals surface area contributed by atoms with Gasteiger partial charge in [-0.05, 0) is 42.5 Å².